The highest BCUT2D eigenvalue weighted by atomic mass is 35.5. The maximum Gasteiger partial charge on any atom is 0.515 e. The zero-order valence-corrected chi connectivity index (χ0v) is 50.6. The van der Waals surface area contributed by atoms with Crippen molar-refractivity contribution in [3.63, 3.8) is 0 Å². The predicted molar refractivity (Wildman–Crippen MR) is 365 cm³/mol. The van der Waals surface area contributed by atoms with E-state index in [1.807, 2.05) is 144 Å². The second-order valence-corrected chi connectivity index (χ2v) is 25.0. The topological polar surface area (TPSA) is 122 Å². The number of halogens is 1. The Bertz CT molecular complexity index is 5200. The Morgan fingerprint density at radius 2 is 0.648 bits per heavy atom. The van der Waals surface area contributed by atoms with Gasteiger partial charge in [-0.3, -0.25) is 4.98 Å². The van der Waals surface area contributed by atoms with Crippen LogP contribution in [0.15, 0.2) is 243 Å². The number of aromatic nitrogens is 8. The van der Waals surface area contributed by atoms with Gasteiger partial charge in [0.1, 0.15) is 5.69 Å². The van der Waals surface area contributed by atoms with Crippen LogP contribution in [0.1, 0.15) is 27.7 Å². The van der Waals surface area contributed by atoms with Crippen LogP contribution in [-0.4, -0.2) is 58.2 Å². The van der Waals surface area contributed by atoms with Crippen LogP contribution < -0.4 is 5.59 Å². The van der Waals surface area contributed by atoms with E-state index in [2.05, 4.69) is 164 Å². The first-order valence-electron chi connectivity index (χ1n) is 29.0. The fourth-order valence-electron chi connectivity index (χ4n) is 11.5. The van der Waals surface area contributed by atoms with E-state index < -0.39 is 18.3 Å². The molecule has 14 heteroatoms. The second-order valence-electron chi connectivity index (χ2n) is 22.5. The summed E-state index contributed by atoms with van der Waals surface area (Å²) >= 11 is 9.65. The molecule has 0 saturated carbocycles. The highest BCUT2D eigenvalue weighted by Gasteiger charge is 2.53. The van der Waals surface area contributed by atoms with Gasteiger partial charge in [0.2, 0.25) is 5.28 Å². The summed E-state index contributed by atoms with van der Waals surface area (Å²) in [5.74, 6) is 2.99. The van der Waals surface area contributed by atoms with Gasteiger partial charge in [-0.2, -0.15) is 9.97 Å². The molecule has 10 nitrogen and oxygen atoms in total. The van der Waals surface area contributed by atoms with Gasteiger partial charge in [0.15, 0.2) is 29.1 Å². The first kappa shape index (κ1) is 54.9. The van der Waals surface area contributed by atoms with Gasteiger partial charge in [-0.25, -0.2) is 24.9 Å². The Hall–Kier alpha value is -9.73. The molecule has 1 aliphatic rings. The summed E-state index contributed by atoms with van der Waals surface area (Å²) in [6.07, 6.45) is 0. The van der Waals surface area contributed by atoms with Crippen molar-refractivity contribution in [3.05, 3.63) is 248 Å². The summed E-state index contributed by atoms with van der Waals surface area (Å²) in [5, 5.41) is 12.1. The van der Waals surface area contributed by atoms with Crippen LogP contribution in [0.25, 0.3) is 141 Å². The number of rotatable bonds is 6. The molecule has 1 saturated heterocycles. The van der Waals surface area contributed by atoms with Crippen LogP contribution in [0.2, 0.25) is 5.28 Å². The lowest BCUT2D eigenvalue weighted by atomic mass is 9.80. The van der Waals surface area contributed by atoms with Gasteiger partial charge in [0.25, 0.3) is 0 Å². The molecule has 0 radical (unpaired) electrons. The lowest BCUT2D eigenvalue weighted by Crippen LogP contribution is -2.41. The van der Waals surface area contributed by atoms with Gasteiger partial charge < -0.3 is 9.31 Å². The molecule has 0 atom stereocenters. The van der Waals surface area contributed by atoms with Crippen LogP contribution in [0.3, 0.4) is 0 Å². The quantitative estimate of drug-likeness (QED) is 0.117. The van der Waals surface area contributed by atoms with Crippen LogP contribution in [-0.2, 0) is 9.31 Å². The highest BCUT2D eigenvalue weighted by molar-refractivity contribution is 7.26. The smallest absolute Gasteiger partial charge is 0.398 e. The van der Waals surface area contributed by atoms with Gasteiger partial charge >= 0.3 is 7.12 Å². The normalized spacial score (nSPS) is 13.6. The maximum atomic E-state index is 6.37. The summed E-state index contributed by atoms with van der Waals surface area (Å²) in [4.78, 5) is 38.0. The van der Waals surface area contributed by atoms with Crippen molar-refractivity contribution in [2.75, 3.05) is 0 Å². The third-order valence-corrected chi connectivity index (χ3v) is 18.9. The molecule has 0 bridgehead atoms. The average molecular weight is 1200 g/mol. The van der Waals surface area contributed by atoms with Crippen LogP contribution in [0.4, 0.5) is 0 Å². The number of fused-ring (bicyclic) bond motifs is 14. The Labute approximate surface area is 520 Å². The molecule has 0 N–H and O–H groups in total. The predicted octanol–water partition coefficient (Wildman–Crippen LogP) is 18.9. The molecule has 0 unspecified atom stereocenters. The SMILES string of the molecule is CC1(C)OB(c2nc3ccc4sc5ccccc5c4c3c3ccccc23)OC1(C)C.Clc1nc(-c2ccccc2)nc(-c2ccccc2)n1.c1ccc(-c2nc(-c3ccccc3)nc(-c3nc4ccc5sc6ccccc6c5c4c4ccccc34)n2)cc1. The average Bonchev–Trinajstić information content (AvgIpc) is 1.65. The molecule has 1 fully saturated rings. The van der Waals surface area contributed by atoms with Gasteiger partial charge in [-0.05, 0) is 86.5 Å². The van der Waals surface area contributed by atoms with Gasteiger partial charge in [-0.1, -0.05) is 206 Å². The number of pyridine rings is 2. The van der Waals surface area contributed by atoms with Crippen molar-refractivity contribution in [3.8, 4) is 57.1 Å². The Morgan fingerprint density at radius 3 is 1.09 bits per heavy atom. The largest absolute Gasteiger partial charge is 0.515 e. The summed E-state index contributed by atoms with van der Waals surface area (Å²) in [6.45, 7) is 8.32. The van der Waals surface area contributed by atoms with Crippen molar-refractivity contribution in [1.82, 2.24) is 39.9 Å². The molecular weight excluding hydrogens is 1140 g/mol. The van der Waals surface area contributed by atoms with Crippen molar-refractivity contribution >= 4 is 131 Å². The number of benzene rings is 10. The van der Waals surface area contributed by atoms with Crippen molar-refractivity contribution < 1.29 is 9.31 Å². The third kappa shape index (κ3) is 10.1. The molecule has 7 heterocycles. The standard InChI is InChI=1S/C34H20N4S.C25H22BNO2S.C15H10ClN3/c1-3-11-21(12-4-1)32-36-33(22-13-5-2-6-14-22)38-34(37-32)31-24-16-8-7-15-23(24)29-26(35-31)19-20-28-30(29)25-17-9-10-18-27(25)39-28;1-24(2)25(3,4)29-26(28-24)23-16-10-6-5-9-15(16)21-18(27-23)13-14-20-22(21)17-11-7-8-12-19(17)30-20;16-15-18-13(11-7-3-1-4-8-11)17-14(19-15)12-9-5-2-6-10-12/h1-20H;5-14H,1-4H3;1-10H. The van der Waals surface area contributed by atoms with Crippen molar-refractivity contribution in [1.29, 1.82) is 0 Å². The zero-order chi connectivity index (χ0) is 59.5. The van der Waals surface area contributed by atoms with E-state index in [0.29, 0.717) is 29.1 Å². The summed E-state index contributed by atoms with van der Waals surface area (Å²) in [7, 11) is -0.487. The monoisotopic (exact) mass is 1190 g/mol. The number of nitrogens with zero attached hydrogens (tertiary/aromatic N) is 8. The first-order chi connectivity index (χ1) is 43.0. The molecular formula is C74H52BClN8O2S2. The van der Waals surface area contributed by atoms with Gasteiger partial charge in [0, 0.05) is 84.1 Å². The summed E-state index contributed by atoms with van der Waals surface area (Å²) in [5.41, 5.74) is 6.45. The number of thiophene rings is 2. The van der Waals surface area contributed by atoms with Gasteiger partial charge in [-0.15, -0.1) is 22.7 Å². The van der Waals surface area contributed by atoms with E-state index >= 15 is 0 Å². The van der Waals surface area contributed by atoms with E-state index in [-0.39, 0.29) is 5.28 Å². The fourth-order valence-corrected chi connectivity index (χ4v) is 13.9. The van der Waals surface area contributed by atoms with E-state index in [4.69, 9.17) is 45.8 Å². The Kier molecular flexibility index (Phi) is 14.1. The third-order valence-electron chi connectivity index (χ3n) is 16.5. The molecule has 88 heavy (non-hydrogen) atoms. The molecule has 0 spiro atoms. The van der Waals surface area contributed by atoms with Gasteiger partial charge in [0.05, 0.1) is 27.8 Å². The molecule has 17 rings (SSSR count). The fraction of sp³-hybridized carbons (Fsp3) is 0.0811. The van der Waals surface area contributed by atoms with Crippen LogP contribution in [0.5, 0.6) is 0 Å². The molecule has 10 aromatic carbocycles. The number of hydrogen-bond acceptors (Lipinski definition) is 12. The molecule has 0 aliphatic carbocycles. The van der Waals surface area contributed by atoms with E-state index in [0.717, 1.165) is 60.7 Å². The first-order valence-corrected chi connectivity index (χ1v) is 31.0. The Balaban J connectivity index is 0.000000118. The highest BCUT2D eigenvalue weighted by Crippen LogP contribution is 2.44. The molecule has 0 amide bonds. The Morgan fingerprint density at radius 1 is 0.307 bits per heavy atom. The maximum absolute atomic E-state index is 6.37. The molecule has 6 aromatic heterocycles. The van der Waals surface area contributed by atoms with E-state index in [1.54, 1.807) is 0 Å². The van der Waals surface area contributed by atoms with E-state index in [1.165, 1.54) is 56.5 Å². The minimum absolute atomic E-state index is 0.202. The lowest BCUT2D eigenvalue weighted by Gasteiger charge is -2.32. The minimum Gasteiger partial charge on any atom is -0.398 e. The van der Waals surface area contributed by atoms with E-state index in [9.17, 15) is 0 Å². The zero-order valence-electron chi connectivity index (χ0n) is 48.3. The second kappa shape index (κ2) is 22.5. The van der Waals surface area contributed by atoms with Crippen molar-refractivity contribution in [2.45, 2.75) is 38.9 Å². The summed E-state index contributed by atoms with van der Waals surface area (Å²) in [6, 6.07) is 82.4. The summed E-state index contributed by atoms with van der Waals surface area (Å²) < 4.78 is 17.9. The van der Waals surface area contributed by atoms with Crippen LogP contribution >= 0.6 is 34.3 Å². The molecule has 422 valence electrons. The minimum atomic E-state index is -0.487. The lowest BCUT2D eigenvalue weighted by molar-refractivity contribution is 0.00578. The molecule has 16 aromatic rings. The molecule has 1 aliphatic heterocycles. The van der Waals surface area contributed by atoms with Crippen molar-refractivity contribution in [2.24, 2.45) is 0 Å². The number of hydrogen-bond donors (Lipinski definition) is 0. The van der Waals surface area contributed by atoms with Crippen LogP contribution in [0, 0.1) is 0 Å².